The van der Waals surface area contributed by atoms with E-state index >= 15 is 0 Å². The van der Waals surface area contributed by atoms with Gasteiger partial charge in [0, 0.05) is 18.5 Å². The minimum atomic E-state index is 0.0546. The number of nitrogens with zero attached hydrogens (tertiary/aromatic N) is 2. The third kappa shape index (κ3) is 1.88. The van der Waals surface area contributed by atoms with E-state index in [-0.39, 0.29) is 5.91 Å². The fourth-order valence-electron chi connectivity index (χ4n) is 2.65. The van der Waals surface area contributed by atoms with E-state index in [1.807, 2.05) is 29.2 Å². The average molecular weight is 243 g/mol. The van der Waals surface area contributed by atoms with E-state index < -0.39 is 0 Å². The predicted molar refractivity (Wildman–Crippen MR) is 70.4 cm³/mol. The van der Waals surface area contributed by atoms with Crippen LogP contribution in [0.5, 0.6) is 0 Å². The number of para-hydroxylation sites is 1. The molecule has 94 valence electrons. The Bertz CT molecular complexity index is 575. The highest BCUT2D eigenvalue weighted by atomic mass is 16.2. The first kappa shape index (κ1) is 11.3. The van der Waals surface area contributed by atoms with Gasteiger partial charge in [0.1, 0.15) is 0 Å². The van der Waals surface area contributed by atoms with Gasteiger partial charge in [-0.2, -0.15) is 5.10 Å². The van der Waals surface area contributed by atoms with Gasteiger partial charge in [0.2, 0.25) is 0 Å². The lowest BCUT2D eigenvalue weighted by molar-refractivity contribution is 0.0679. The Morgan fingerprint density at radius 3 is 3.11 bits per heavy atom. The van der Waals surface area contributed by atoms with Gasteiger partial charge in [-0.05, 0) is 24.8 Å². The number of amides is 1. The number of likely N-dealkylation sites (tertiary alicyclic amines) is 1. The number of piperidine rings is 1. The van der Waals surface area contributed by atoms with Crippen LogP contribution >= 0.6 is 0 Å². The molecule has 4 nitrogen and oxygen atoms in total. The molecule has 1 aromatic heterocycles. The van der Waals surface area contributed by atoms with Crippen molar-refractivity contribution >= 4 is 16.8 Å². The Kier molecular flexibility index (Phi) is 2.78. The van der Waals surface area contributed by atoms with Crippen LogP contribution in [0.3, 0.4) is 0 Å². The summed E-state index contributed by atoms with van der Waals surface area (Å²) in [5.41, 5.74) is 1.48. The van der Waals surface area contributed by atoms with E-state index in [2.05, 4.69) is 17.1 Å². The largest absolute Gasteiger partial charge is 0.337 e. The fraction of sp³-hybridized carbons (Fsp3) is 0.429. The van der Waals surface area contributed by atoms with E-state index in [0.29, 0.717) is 11.6 Å². The number of nitrogens with one attached hydrogen (secondary N) is 1. The Balaban J connectivity index is 1.92. The van der Waals surface area contributed by atoms with Gasteiger partial charge in [-0.3, -0.25) is 9.89 Å². The third-order valence-electron chi connectivity index (χ3n) is 3.62. The lowest BCUT2D eigenvalue weighted by Gasteiger charge is -2.30. The summed E-state index contributed by atoms with van der Waals surface area (Å²) in [6.45, 7) is 3.90. The molecule has 1 fully saturated rings. The number of aromatic amines is 1. The highest BCUT2D eigenvalue weighted by Crippen LogP contribution is 2.21. The van der Waals surface area contributed by atoms with Crippen LogP contribution in [0.25, 0.3) is 10.9 Å². The number of fused-ring (bicyclic) bond motifs is 1. The van der Waals surface area contributed by atoms with Gasteiger partial charge in [-0.15, -0.1) is 0 Å². The molecule has 0 spiro atoms. The van der Waals surface area contributed by atoms with Gasteiger partial charge >= 0.3 is 0 Å². The van der Waals surface area contributed by atoms with Gasteiger partial charge in [-0.1, -0.05) is 25.1 Å². The minimum absolute atomic E-state index is 0.0546. The molecule has 1 aromatic carbocycles. The van der Waals surface area contributed by atoms with Crippen LogP contribution in [0.15, 0.2) is 24.3 Å². The Labute approximate surface area is 106 Å². The van der Waals surface area contributed by atoms with Crippen molar-refractivity contribution in [1.29, 1.82) is 0 Å². The maximum atomic E-state index is 12.5. The van der Waals surface area contributed by atoms with Crippen molar-refractivity contribution in [2.75, 3.05) is 13.1 Å². The van der Waals surface area contributed by atoms with E-state index in [0.717, 1.165) is 30.4 Å². The Morgan fingerprint density at radius 1 is 1.44 bits per heavy atom. The van der Waals surface area contributed by atoms with E-state index in [9.17, 15) is 4.79 Å². The molecule has 0 radical (unpaired) electrons. The number of carbonyl (C=O) groups is 1. The van der Waals surface area contributed by atoms with Gasteiger partial charge in [-0.25, -0.2) is 0 Å². The molecule has 2 aromatic rings. The molecular weight excluding hydrogens is 226 g/mol. The minimum Gasteiger partial charge on any atom is -0.337 e. The summed E-state index contributed by atoms with van der Waals surface area (Å²) >= 11 is 0. The van der Waals surface area contributed by atoms with E-state index in [1.165, 1.54) is 6.42 Å². The molecule has 0 aliphatic carbocycles. The number of carbonyl (C=O) groups excluding carboxylic acids is 1. The van der Waals surface area contributed by atoms with Gasteiger partial charge in [0.25, 0.3) is 5.91 Å². The first-order chi connectivity index (χ1) is 8.75. The lowest BCUT2D eigenvalue weighted by Crippen LogP contribution is -2.39. The van der Waals surface area contributed by atoms with Crippen molar-refractivity contribution in [3.63, 3.8) is 0 Å². The summed E-state index contributed by atoms with van der Waals surface area (Å²) in [7, 11) is 0. The molecule has 0 unspecified atom stereocenters. The van der Waals surface area contributed by atoms with Crippen LogP contribution < -0.4 is 0 Å². The van der Waals surface area contributed by atoms with Crippen LogP contribution in [-0.4, -0.2) is 34.1 Å². The lowest BCUT2D eigenvalue weighted by atomic mass is 10.00. The topological polar surface area (TPSA) is 49.0 Å². The van der Waals surface area contributed by atoms with Crippen LogP contribution in [0.4, 0.5) is 0 Å². The summed E-state index contributed by atoms with van der Waals surface area (Å²) in [6.07, 6.45) is 2.31. The quantitative estimate of drug-likeness (QED) is 0.836. The molecule has 18 heavy (non-hydrogen) atoms. The third-order valence-corrected chi connectivity index (χ3v) is 3.62. The predicted octanol–water partition coefficient (Wildman–Crippen LogP) is 2.44. The van der Waals surface area contributed by atoms with Crippen LogP contribution in [-0.2, 0) is 0 Å². The molecule has 3 rings (SSSR count). The molecule has 1 saturated heterocycles. The van der Waals surface area contributed by atoms with Crippen LogP contribution in [0.2, 0.25) is 0 Å². The van der Waals surface area contributed by atoms with Crippen molar-refractivity contribution < 1.29 is 4.79 Å². The highest BCUT2D eigenvalue weighted by Gasteiger charge is 2.24. The van der Waals surface area contributed by atoms with Crippen LogP contribution in [0.1, 0.15) is 30.3 Å². The standard InChI is InChI=1S/C14H17N3O/c1-10-5-4-8-17(9-10)14(18)13-11-6-2-3-7-12(11)15-16-13/h2-3,6-7,10H,4-5,8-9H2,1H3,(H,15,16)/t10-/m0/s1. The van der Waals surface area contributed by atoms with Crippen molar-refractivity contribution in [1.82, 2.24) is 15.1 Å². The van der Waals surface area contributed by atoms with E-state index in [1.54, 1.807) is 0 Å². The molecule has 4 heteroatoms. The molecule has 1 aliphatic rings. The zero-order valence-electron chi connectivity index (χ0n) is 10.5. The fourth-order valence-corrected chi connectivity index (χ4v) is 2.65. The first-order valence-electron chi connectivity index (χ1n) is 6.48. The monoisotopic (exact) mass is 243 g/mol. The maximum Gasteiger partial charge on any atom is 0.275 e. The van der Waals surface area contributed by atoms with Crippen molar-refractivity contribution in [2.24, 2.45) is 5.92 Å². The highest BCUT2D eigenvalue weighted by molar-refractivity contribution is 6.04. The summed E-state index contributed by atoms with van der Waals surface area (Å²) in [5, 5.41) is 8.02. The second-order valence-electron chi connectivity index (χ2n) is 5.12. The van der Waals surface area contributed by atoms with Gasteiger partial charge in [0.15, 0.2) is 5.69 Å². The Hall–Kier alpha value is -1.84. The molecular formula is C14H17N3O. The maximum absolute atomic E-state index is 12.5. The molecule has 1 aliphatic heterocycles. The molecule has 1 atom stereocenters. The second kappa shape index (κ2) is 4.44. The molecule has 2 heterocycles. The molecule has 1 N–H and O–H groups in total. The number of hydrogen-bond donors (Lipinski definition) is 1. The molecule has 0 saturated carbocycles. The number of aromatic nitrogens is 2. The smallest absolute Gasteiger partial charge is 0.275 e. The summed E-state index contributed by atoms with van der Waals surface area (Å²) in [5.74, 6) is 0.645. The van der Waals surface area contributed by atoms with E-state index in [4.69, 9.17) is 0 Å². The molecule has 1 amide bonds. The average Bonchev–Trinajstić information content (AvgIpc) is 2.82. The number of hydrogen-bond acceptors (Lipinski definition) is 2. The summed E-state index contributed by atoms with van der Waals surface area (Å²) in [4.78, 5) is 14.4. The first-order valence-corrected chi connectivity index (χ1v) is 6.48. The summed E-state index contributed by atoms with van der Waals surface area (Å²) in [6, 6.07) is 7.77. The van der Waals surface area contributed by atoms with Crippen molar-refractivity contribution in [3.05, 3.63) is 30.0 Å². The zero-order valence-corrected chi connectivity index (χ0v) is 10.5. The zero-order chi connectivity index (χ0) is 12.5. The summed E-state index contributed by atoms with van der Waals surface area (Å²) < 4.78 is 0. The second-order valence-corrected chi connectivity index (χ2v) is 5.12. The van der Waals surface area contributed by atoms with Crippen molar-refractivity contribution in [3.8, 4) is 0 Å². The Morgan fingerprint density at radius 2 is 2.28 bits per heavy atom. The van der Waals surface area contributed by atoms with Crippen molar-refractivity contribution in [2.45, 2.75) is 19.8 Å². The molecule has 0 bridgehead atoms. The number of rotatable bonds is 1. The normalized spacial score (nSPS) is 20.3. The number of H-pyrrole nitrogens is 1. The van der Waals surface area contributed by atoms with Gasteiger partial charge in [0.05, 0.1) is 5.52 Å². The van der Waals surface area contributed by atoms with Gasteiger partial charge < -0.3 is 4.90 Å². The number of benzene rings is 1. The SMILES string of the molecule is C[C@H]1CCCN(C(=O)c2n[nH]c3ccccc23)C1. The van der Waals surface area contributed by atoms with Crippen LogP contribution in [0, 0.1) is 5.92 Å².